The number of thiophene rings is 1. The molecule has 15 heavy (non-hydrogen) atoms. The molecular weight excluding hydrogens is 216 g/mol. The largest absolute Gasteiger partial charge is 0.481 e. The van der Waals surface area contributed by atoms with Crippen LogP contribution in [0.4, 0.5) is 5.69 Å². The van der Waals surface area contributed by atoms with Gasteiger partial charge in [-0.25, -0.2) is 0 Å². The molecule has 0 bridgehead atoms. The van der Waals surface area contributed by atoms with E-state index in [-0.39, 0.29) is 18.7 Å². The van der Waals surface area contributed by atoms with E-state index in [9.17, 15) is 9.59 Å². The molecule has 6 heteroatoms. The van der Waals surface area contributed by atoms with Gasteiger partial charge in [-0.2, -0.15) is 11.3 Å². The lowest BCUT2D eigenvalue weighted by atomic mass is 10.1. The van der Waals surface area contributed by atoms with Crippen molar-refractivity contribution in [2.45, 2.75) is 18.9 Å². The summed E-state index contributed by atoms with van der Waals surface area (Å²) in [7, 11) is 0. The zero-order valence-corrected chi connectivity index (χ0v) is 8.79. The van der Waals surface area contributed by atoms with E-state index in [2.05, 4.69) is 5.32 Å². The predicted octanol–water partition coefficient (Wildman–Crippen LogP) is 0.879. The number of carboxylic acid groups (broad SMARTS) is 1. The van der Waals surface area contributed by atoms with Crippen LogP contribution in [0.2, 0.25) is 0 Å². The molecule has 0 radical (unpaired) electrons. The van der Waals surface area contributed by atoms with Gasteiger partial charge in [0, 0.05) is 11.8 Å². The van der Waals surface area contributed by atoms with E-state index in [4.69, 9.17) is 10.8 Å². The molecule has 1 aromatic rings. The fourth-order valence-electron chi connectivity index (χ4n) is 0.981. The van der Waals surface area contributed by atoms with Crippen molar-refractivity contribution in [1.82, 2.24) is 0 Å². The maximum Gasteiger partial charge on any atom is 0.303 e. The van der Waals surface area contributed by atoms with E-state index < -0.39 is 12.0 Å². The SMILES string of the molecule is NC(CCC(=O)O)C(=O)Nc1ccsc1. The third-order valence-electron chi connectivity index (χ3n) is 1.79. The van der Waals surface area contributed by atoms with Crippen molar-refractivity contribution < 1.29 is 14.7 Å². The molecule has 1 unspecified atom stereocenters. The molecule has 0 fully saturated rings. The Morgan fingerprint density at radius 1 is 1.60 bits per heavy atom. The van der Waals surface area contributed by atoms with Crippen LogP contribution in [0.1, 0.15) is 12.8 Å². The number of anilines is 1. The Labute approximate surface area is 90.9 Å². The quantitative estimate of drug-likeness (QED) is 0.697. The molecule has 1 rings (SSSR count). The number of carboxylic acids is 1. The highest BCUT2D eigenvalue weighted by Gasteiger charge is 2.14. The third-order valence-corrected chi connectivity index (χ3v) is 2.48. The minimum absolute atomic E-state index is 0.0990. The van der Waals surface area contributed by atoms with E-state index in [0.29, 0.717) is 5.69 Å². The second-order valence-corrected chi connectivity index (χ2v) is 3.82. The summed E-state index contributed by atoms with van der Waals surface area (Å²) in [5.41, 5.74) is 6.20. The maximum absolute atomic E-state index is 11.4. The van der Waals surface area contributed by atoms with Crippen molar-refractivity contribution >= 4 is 28.9 Å². The van der Waals surface area contributed by atoms with Crippen molar-refractivity contribution in [3.05, 3.63) is 16.8 Å². The Kier molecular flexibility index (Phi) is 4.26. The average molecular weight is 228 g/mol. The minimum Gasteiger partial charge on any atom is -0.481 e. The molecule has 0 aromatic carbocycles. The number of carbonyl (C=O) groups is 2. The molecule has 0 aliphatic heterocycles. The average Bonchev–Trinajstić information content (AvgIpc) is 2.66. The summed E-state index contributed by atoms with van der Waals surface area (Å²) in [4.78, 5) is 21.7. The van der Waals surface area contributed by atoms with Crippen LogP contribution in [0, 0.1) is 0 Å². The van der Waals surface area contributed by atoms with E-state index in [0.717, 1.165) is 0 Å². The van der Waals surface area contributed by atoms with Gasteiger partial charge in [0.2, 0.25) is 5.91 Å². The molecule has 4 N–H and O–H groups in total. The lowest BCUT2D eigenvalue weighted by Gasteiger charge is -2.09. The summed E-state index contributed by atoms with van der Waals surface area (Å²) in [6.07, 6.45) is 0.0452. The highest BCUT2D eigenvalue weighted by molar-refractivity contribution is 7.08. The van der Waals surface area contributed by atoms with Crippen LogP contribution in [0.15, 0.2) is 16.8 Å². The molecule has 0 saturated carbocycles. The first-order chi connectivity index (χ1) is 7.09. The second-order valence-electron chi connectivity index (χ2n) is 3.04. The highest BCUT2D eigenvalue weighted by atomic mass is 32.1. The Morgan fingerprint density at radius 3 is 2.87 bits per heavy atom. The highest BCUT2D eigenvalue weighted by Crippen LogP contribution is 2.12. The van der Waals surface area contributed by atoms with Crippen molar-refractivity contribution in [2.75, 3.05) is 5.32 Å². The Bertz CT molecular complexity index is 337. The molecule has 5 nitrogen and oxygen atoms in total. The topological polar surface area (TPSA) is 92.4 Å². The van der Waals surface area contributed by atoms with Crippen molar-refractivity contribution in [2.24, 2.45) is 5.73 Å². The van der Waals surface area contributed by atoms with E-state index in [1.165, 1.54) is 11.3 Å². The Morgan fingerprint density at radius 2 is 2.33 bits per heavy atom. The summed E-state index contributed by atoms with van der Waals surface area (Å²) in [5, 5.41) is 14.6. The molecule has 82 valence electrons. The molecule has 0 saturated heterocycles. The van der Waals surface area contributed by atoms with Crippen LogP contribution >= 0.6 is 11.3 Å². The Balaban J connectivity index is 2.36. The fourth-order valence-corrected chi connectivity index (χ4v) is 1.57. The van der Waals surface area contributed by atoms with Crippen LogP contribution in [0.5, 0.6) is 0 Å². The summed E-state index contributed by atoms with van der Waals surface area (Å²) >= 11 is 1.46. The van der Waals surface area contributed by atoms with Gasteiger partial charge in [-0.05, 0) is 17.9 Å². The van der Waals surface area contributed by atoms with Gasteiger partial charge < -0.3 is 16.2 Å². The first-order valence-electron chi connectivity index (χ1n) is 4.40. The van der Waals surface area contributed by atoms with E-state index in [1.807, 2.05) is 5.38 Å². The number of hydrogen-bond donors (Lipinski definition) is 3. The van der Waals surface area contributed by atoms with Crippen LogP contribution in [0.3, 0.4) is 0 Å². The lowest BCUT2D eigenvalue weighted by molar-refractivity contribution is -0.137. The number of nitrogens with one attached hydrogen (secondary N) is 1. The van der Waals surface area contributed by atoms with Gasteiger partial charge in [-0.1, -0.05) is 0 Å². The molecule has 1 aromatic heterocycles. The zero-order valence-electron chi connectivity index (χ0n) is 7.97. The van der Waals surface area contributed by atoms with Gasteiger partial charge >= 0.3 is 5.97 Å². The summed E-state index contributed by atoms with van der Waals surface area (Å²) in [5.74, 6) is -1.30. The monoisotopic (exact) mass is 228 g/mol. The summed E-state index contributed by atoms with van der Waals surface area (Å²) in [6.45, 7) is 0. The van der Waals surface area contributed by atoms with Gasteiger partial charge in [0.15, 0.2) is 0 Å². The standard InChI is InChI=1S/C9H12N2O3S/c10-7(1-2-8(12)13)9(14)11-6-3-4-15-5-6/h3-5,7H,1-2,10H2,(H,11,14)(H,12,13). The third kappa shape index (κ3) is 4.09. The number of carbonyl (C=O) groups excluding carboxylic acids is 1. The van der Waals surface area contributed by atoms with Crippen LogP contribution in [-0.2, 0) is 9.59 Å². The fraction of sp³-hybridized carbons (Fsp3) is 0.333. The second kappa shape index (κ2) is 5.47. The first kappa shape index (κ1) is 11.7. The number of rotatable bonds is 5. The number of aliphatic carboxylic acids is 1. The minimum atomic E-state index is -0.950. The maximum atomic E-state index is 11.4. The lowest BCUT2D eigenvalue weighted by Crippen LogP contribution is -2.35. The van der Waals surface area contributed by atoms with Crippen molar-refractivity contribution in [1.29, 1.82) is 0 Å². The molecule has 0 spiro atoms. The van der Waals surface area contributed by atoms with Gasteiger partial charge in [0.25, 0.3) is 0 Å². The zero-order chi connectivity index (χ0) is 11.3. The Hall–Kier alpha value is -1.40. The molecule has 0 aliphatic rings. The van der Waals surface area contributed by atoms with Crippen LogP contribution in [0.25, 0.3) is 0 Å². The first-order valence-corrected chi connectivity index (χ1v) is 5.34. The summed E-state index contributed by atoms with van der Waals surface area (Å²) in [6, 6.07) is 0.980. The number of hydrogen-bond acceptors (Lipinski definition) is 4. The van der Waals surface area contributed by atoms with Crippen molar-refractivity contribution in [3.63, 3.8) is 0 Å². The van der Waals surface area contributed by atoms with Gasteiger partial charge in [0.05, 0.1) is 11.7 Å². The van der Waals surface area contributed by atoms with Crippen LogP contribution < -0.4 is 11.1 Å². The molecule has 0 aliphatic carbocycles. The van der Waals surface area contributed by atoms with E-state index in [1.54, 1.807) is 11.4 Å². The van der Waals surface area contributed by atoms with E-state index >= 15 is 0 Å². The molecule has 1 heterocycles. The predicted molar refractivity (Wildman–Crippen MR) is 57.8 cm³/mol. The van der Waals surface area contributed by atoms with Gasteiger partial charge in [0.1, 0.15) is 0 Å². The summed E-state index contributed by atoms with van der Waals surface area (Å²) < 4.78 is 0. The molecule has 1 atom stereocenters. The normalized spacial score (nSPS) is 12.1. The van der Waals surface area contributed by atoms with Crippen molar-refractivity contribution in [3.8, 4) is 0 Å². The van der Waals surface area contributed by atoms with Crippen LogP contribution in [-0.4, -0.2) is 23.0 Å². The number of nitrogens with two attached hydrogens (primary N) is 1. The molecule has 1 amide bonds. The smallest absolute Gasteiger partial charge is 0.303 e. The molecular formula is C9H12N2O3S. The number of amides is 1. The van der Waals surface area contributed by atoms with Gasteiger partial charge in [-0.15, -0.1) is 0 Å². The van der Waals surface area contributed by atoms with Gasteiger partial charge in [-0.3, -0.25) is 9.59 Å².